The Kier molecular flexibility index (Phi) is 3.19. The fraction of sp³-hybridized carbons (Fsp3) is 0.750. The van der Waals surface area contributed by atoms with Crippen molar-refractivity contribution >= 4 is 23.6 Å². The van der Waals surface area contributed by atoms with Crippen molar-refractivity contribution in [2.75, 3.05) is 12.3 Å². The lowest BCUT2D eigenvalue weighted by Gasteiger charge is -2.20. The Bertz CT molecular complexity index is 223. The molecule has 1 fully saturated rings. The molecule has 1 heterocycles. The van der Waals surface area contributed by atoms with E-state index in [-0.39, 0.29) is 12.5 Å². The number of nitrogens with one attached hydrogen (secondary N) is 1. The molecule has 1 aliphatic heterocycles. The van der Waals surface area contributed by atoms with Gasteiger partial charge in [0.2, 0.25) is 5.91 Å². The molecule has 5 heteroatoms. The summed E-state index contributed by atoms with van der Waals surface area (Å²) < 4.78 is -0.407. The number of carboxylic acid groups (broad SMARTS) is 1. The number of rotatable bonds is 3. The number of amides is 1. The molecule has 1 unspecified atom stereocenters. The summed E-state index contributed by atoms with van der Waals surface area (Å²) in [6.07, 6.45) is 1.87. The number of carboxylic acids is 1. The molecule has 0 aromatic carbocycles. The summed E-state index contributed by atoms with van der Waals surface area (Å²) in [6, 6.07) is 0. The minimum atomic E-state index is -1.00. The molecule has 1 aliphatic rings. The van der Waals surface area contributed by atoms with Crippen LogP contribution < -0.4 is 5.32 Å². The van der Waals surface area contributed by atoms with Crippen molar-refractivity contribution in [1.82, 2.24) is 5.32 Å². The molecule has 0 saturated carbocycles. The summed E-state index contributed by atoms with van der Waals surface area (Å²) >= 11 is 1.60. The summed E-state index contributed by atoms with van der Waals surface area (Å²) in [6.45, 7) is 1.58. The van der Waals surface area contributed by atoms with Crippen LogP contribution in [0.5, 0.6) is 0 Å². The quantitative estimate of drug-likeness (QED) is 0.700. The van der Waals surface area contributed by atoms with Crippen molar-refractivity contribution in [2.45, 2.75) is 24.5 Å². The maximum absolute atomic E-state index is 11.5. The maximum Gasteiger partial charge on any atom is 0.322 e. The van der Waals surface area contributed by atoms with Gasteiger partial charge in [-0.1, -0.05) is 0 Å². The molecule has 0 radical (unpaired) electrons. The fourth-order valence-electron chi connectivity index (χ4n) is 1.30. The zero-order chi connectivity index (χ0) is 9.90. The first-order valence-corrected chi connectivity index (χ1v) is 5.17. The van der Waals surface area contributed by atoms with E-state index in [1.807, 2.05) is 6.92 Å². The highest BCUT2D eigenvalue weighted by atomic mass is 32.2. The Morgan fingerprint density at radius 3 is 2.77 bits per heavy atom. The normalized spacial score (nSPS) is 27.2. The van der Waals surface area contributed by atoms with Gasteiger partial charge in [0.15, 0.2) is 0 Å². The van der Waals surface area contributed by atoms with Crippen molar-refractivity contribution < 1.29 is 14.7 Å². The maximum atomic E-state index is 11.5. The van der Waals surface area contributed by atoms with E-state index in [1.165, 1.54) is 0 Å². The van der Waals surface area contributed by atoms with Crippen LogP contribution in [-0.2, 0) is 9.59 Å². The van der Waals surface area contributed by atoms with Crippen LogP contribution in [0.4, 0.5) is 0 Å². The van der Waals surface area contributed by atoms with Crippen LogP contribution in [0.3, 0.4) is 0 Å². The standard InChI is InChI=1S/C8H13NO3S/c1-8(3-2-4-13-8)7(12)9-5-6(10)11/h2-5H2,1H3,(H,9,12)(H,10,11). The summed E-state index contributed by atoms with van der Waals surface area (Å²) in [5.41, 5.74) is 0. The van der Waals surface area contributed by atoms with Crippen LogP contribution in [0, 0.1) is 0 Å². The molecular weight excluding hydrogens is 190 g/mol. The first kappa shape index (κ1) is 10.4. The number of hydrogen-bond acceptors (Lipinski definition) is 3. The third-order valence-corrected chi connectivity index (χ3v) is 3.62. The first-order valence-electron chi connectivity index (χ1n) is 4.19. The lowest BCUT2D eigenvalue weighted by Crippen LogP contribution is -2.42. The lowest BCUT2D eigenvalue weighted by atomic mass is 10.1. The molecule has 1 saturated heterocycles. The van der Waals surface area contributed by atoms with E-state index in [2.05, 4.69) is 5.32 Å². The van der Waals surface area contributed by atoms with E-state index in [0.29, 0.717) is 0 Å². The molecule has 1 amide bonds. The third-order valence-electron chi connectivity index (χ3n) is 2.10. The molecule has 2 N–H and O–H groups in total. The van der Waals surface area contributed by atoms with Gasteiger partial charge in [-0.3, -0.25) is 9.59 Å². The Morgan fingerprint density at radius 1 is 1.62 bits per heavy atom. The second kappa shape index (κ2) is 4.00. The minimum Gasteiger partial charge on any atom is -0.480 e. The fourth-order valence-corrected chi connectivity index (χ4v) is 2.53. The third kappa shape index (κ3) is 2.62. The Morgan fingerprint density at radius 2 is 2.31 bits per heavy atom. The van der Waals surface area contributed by atoms with E-state index in [0.717, 1.165) is 18.6 Å². The molecule has 1 rings (SSSR count). The summed E-state index contributed by atoms with van der Waals surface area (Å²) in [7, 11) is 0. The molecule has 0 spiro atoms. The van der Waals surface area contributed by atoms with Crippen molar-refractivity contribution in [2.24, 2.45) is 0 Å². The average molecular weight is 203 g/mol. The first-order chi connectivity index (χ1) is 6.04. The molecule has 0 aromatic heterocycles. The Labute approximate surface area is 81.1 Å². The van der Waals surface area contributed by atoms with Gasteiger partial charge in [0.1, 0.15) is 6.54 Å². The van der Waals surface area contributed by atoms with Gasteiger partial charge in [0.05, 0.1) is 4.75 Å². The van der Waals surface area contributed by atoms with Crippen LogP contribution in [0.2, 0.25) is 0 Å². The van der Waals surface area contributed by atoms with Gasteiger partial charge in [-0.25, -0.2) is 0 Å². The molecule has 1 atom stereocenters. The summed E-state index contributed by atoms with van der Waals surface area (Å²) in [4.78, 5) is 21.7. The van der Waals surface area contributed by atoms with Crippen molar-refractivity contribution in [3.8, 4) is 0 Å². The number of aliphatic carboxylic acids is 1. The number of thioether (sulfide) groups is 1. The second-order valence-corrected chi connectivity index (χ2v) is 4.86. The van der Waals surface area contributed by atoms with Gasteiger partial charge >= 0.3 is 5.97 Å². The van der Waals surface area contributed by atoms with E-state index >= 15 is 0 Å². The Hall–Kier alpha value is -0.710. The van der Waals surface area contributed by atoms with Crippen LogP contribution in [0.25, 0.3) is 0 Å². The molecule has 0 aliphatic carbocycles. The molecular formula is C8H13NO3S. The largest absolute Gasteiger partial charge is 0.480 e. The van der Waals surface area contributed by atoms with Gasteiger partial charge in [0.25, 0.3) is 0 Å². The highest BCUT2D eigenvalue weighted by Crippen LogP contribution is 2.37. The Balaban J connectivity index is 2.42. The predicted octanol–water partition coefficient (Wildman–Crippen LogP) is 0.473. The highest BCUT2D eigenvalue weighted by molar-refractivity contribution is 8.01. The molecule has 4 nitrogen and oxygen atoms in total. The zero-order valence-corrected chi connectivity index (χ0v) is 8.32. The van der Waals surface area contributed by atoms with Gasteiger partial charge < -0.3 is 10.4 Å². The van der Waals surface area contributed by atoms with Gasteiger partial charge in [-0.15, -0.1) is 11.8 Å². The average Bonchev–Trinajstić information content (AvgIpc) is 2.49. The molecule has 74 valence electrons. The topological polar surface area (TPSA) is 66.4 Å². The van der Waals surface area contributed by atoms with E-state index in [1.54, 1.807) is 11.8 Å². The van der Waals surface area contributed by atoms with Crippen molar-refractivity contribution in [1.29, 1.82) is 0 Å². The second-order valence-electron chi connectivity index (χ2n) is 3.26. The smallest absolute Gasteiger partial charge is 0.322 e. The van der Waals surface area contributed by atoms with E-state index in [9.17, 15) is 9.59 Å². The van der Waals surface area contributed by atoms with Crippen LogP contribution >= 0.6 is 11.8 Å². The SMILES string of the molecule is CC1(C(=O)NCC(=O)O)CCCS1. The lowest BCUT2D eigenvalue weighted by molar-refractivity contribution is -0.138. The van der Waals surface area contributed by atoms with Crippen molar-refractivity contribution in [3.63, 3.8) is 0 Å². The zero-order valence-electron chi connectivity index (χ0n) is 7.50. The van der Waals surface area contributed by atoms with Crippen LogP contribution in [-0.4, -0.2) is 34.0 Å². The minimum absolute atomic E-state index is 0.155. The molecule has 13 heavy (non-hydrogen) atoms. The predicted molar refractivity (Wildman–Crippen MR) is 50.7 cm³/mol. The summed E-state index contributed by atoms with van der Waals surface area (Å²) in [5, 5.41) is 10.8. The van der Waals surface area contributed by atoms with Crippen molar-refractivity contribution in [3.05, 3.63) is 0 Å². The van der Waals surface area contributed by atoms with E-state index in [4.69, 9.17) is 5.11 Å². The summed E-state index contributed by atoms with van der Waals surface area (Å²) in [5.74, 6) is -0.172. The highest BCUT2D eigenvalue weighted by Gasteiger charge is 2.36. The molecule has 0 aromatic rings. The van der Waals surface area contributed by atoms with Gasteiger partial charge in [-0.2, -0.15) is 0 Å². The number of carbonyl (C=O) groups excluding carboxylic acids is 1. The number of carbonyl (C=O) groups is 2. The van der Waals surface area contributed by atoms with E-state index < -0.39 is 10.7 Å². The monoisotopic (exact) mass is 203 g/mol. The van der Waals surface area contributed by atoms with Gasteiger partial charge in [-0.05, 0) is 25.5 Å². The van der Waals surface area contributed by atoms with Crippen LogP contribution in [0.15, 0.2) is 0 Å². The van der Waals surface area contributed by atoms with Crippen LogP contribution in [0.1, 0.15) is 19.8 Å². The number of hydrogen-bond donors (Lipinski definition) is 2. The molecule has 0 bridgehead atoms. The van der Waals surface area contributed by atoms with Gasteiger partial charge in [0, 0.05) is 0 Å².